The SMILES string of the molecule is O=C(N[C@H](CN1CCCC1=O)c1ccccc1)c1ccc(-n2cccc2)cc1. The zero-order valence-corrected chi connectivity index (χ0v) is 15.6. The number of carbonyl (C=O) groups excluding carboxylic acids is 2. The van der Waals surface area contributed by atoms with Crippen LogP contribution in [0.3, 0.4) is 0 Å². The van der Waals surface area contributed by atoms with Gasteiger partial charge in [0.15, 0.2) is 0 Å². The summed E-state index contributed by atoms with van der Waals surface area (Å²) in [6.45, 7) is 1.25. The standard InChI is InChI=1S/C23H23N3O2/c27-22-9-6-16-26(22)17-21(18-7-2-1-3-8-18)24-23(28)19-10-12-20(13-11-19)25-14-4-5-15-25/h1-5,7-8,10-15,21H,6,9,16-17H2,(H,24,28)/t21-/m1/s1. The van der Waals surface area contributed by atoms with Gasteiger partial charge in [-0.3, -0.25) is 9.59 Å². The lowest BCUT2D eigenvalue weighted by atomic mass is 10.1. The van der Waals surface area contributed by atoms with E-state index in [1.54, 1.807) is 0 Å². The normalized spacial score (nSPS) is 14.9. The van der Waals surface area contributed by atoms with Crippen molar-refractivity contribution < 1.29 is 9.59 Å². The number of carbonyl (C=O) groups is 2. The Morgan fingerprint density at radius 3 is 2.32 bits per heavy atom. The second kappa shape index (κ2) is 8.13. The van der Waals surface area contributed by atoms with Crippen molar-refractivity contribution >= 4 is 11.8 Å². The highest BCUT2D eigenvalue weighted by Crippen LogP contribution is 2.19. The third-order valence-electron chi connectivity index (χ3n) is 5.11. The summed E-state index contributed by atoms with van der Waals surface area (Å²) in [5, 5.41) is 3.11. The monoisotopic (exact) mass is 373 g/mol. The largest absolute Gasteiger partial charge is 0.343 e. The lowest BCUT2D eigenvalue weighted by molar-refractivity contribution is -0.128. The van der Waals surface area contributed by atoms with Crippen LogP contribution in [0, 0.1) is 0 Å². The summed E-state index contributed by atoms with van der Waals surface area (Å²) in [7, 11) is 0. The fraction of sp³-hybridized carbons (Fsp3) is 0.217. The molecule has 0 unspecified atom stereocenters. The molecule has 1 atom stereocenters. The lowest BCUT2D eigenvalue weighted by Crippen LogP contribution is -2.38. The Kier molecular flexibility index (Phi) is 5.24. The zero-order valence-electron chi connectivity index (χ0n) is 15.6. The van der Waals surface area contributed by atoms with E-state index in [-0.39, 0.29) is 17.9 Å². The summed E-state index contributed by atoms with van der Waals surface area (Å²) in [6, 6.07) is 21.0. The Labute approximate surface area is 164 Å². The molecular formula is C23H23N3O2. The first-order chi connectivity index (χ1) is 13.7. The molecule has 5 nitrogen and oxygen atoms in total. The first-order valence-electron chi connectivity index (χ1n) is 9.58. The van der Waals surface area contributed by atoms with E-state index in [1.807, 2.05) is 88.6 Å². The first kappa shape index (κ1) is 18.0. The molecule has 0 radical (unpaired) electrons. The van der Waals surface area contributed by atoms with Crippen LogP contribution in [0.15, 0.2) is 79.1 Å². The Morgan fingerprint density at radius 2 is 1.68 bits per heavy atom. The van der Waals surface area contributed by atoms with Gasteiger partial charge in [-0.2, -0.15) is 0 Å². The Morgan fingerprint density at radius 1 is 0.964 bits per heavy atom. The van der Waals surface area contributed by atoms with Crippen molar-refractivity contribution in [1.29, 1.82) is 0 Å². The minimum atomic E-state index is -0.236. The summed E-state index contributed by atoms with van der Waals surface area (Å²) in [6.07, 6.45) is 5.41. The van der Waals surface area contributed by atoms with Gasteiger partial charge in [0.25, 0.3) is 5.91 Å². The predicted octanol–water partition coefficient (Wildman–Crippen LogP) is 3.57. The molecule has 0 bridgehead atoms. The number of nitrogens with one attached hydrogen (secondary N) is 1. The molecule has 1 aliphatic rings. The van der Waals surface area contributed by atoms with Crippen LogP contribution in [-0.4, -0.2) is 34.4 Å². The molecule has 0 saturated carbocycles. The molecule has 142 valence electrons. The van der Waals surface area contributed by atoms with Gasteiger partial charge < -0.3 is 14.8 Å². The highest BCUT2D eigenvalue weighted by molar-refractivity contribution is 5.94. The van der Waals surface area contributed by atoms with Gasteiger partial charge >= 0.3 is 0 Å². The van der Waals surface area contributed by atoms with Gasteiger partial charge in [0.2, 0.25) is 5.91 Å². The smallest absolute Gasteiger partial charge is 0.251 e. The van der Waals surface area contributed by atoms with Crippen molar-refractivity contribution in [2.45, 2.75) is 18.9 Å². The Bertz CT molecular complexity index is 934. The molecule has 2 aromatic carbocycles. The lowest BCUT2D eigenvalue weighted by Gasteiger charge is -2.25. The number of rotatable bonds is 6. The summed E-state index contributed by atoms with van der Waals surface area (Å²) in [5.41, 5.74) is 2.60. The van der Waals surface area contributed by atoms with Crippen molar-refractivity contribution in [3.63, 3.8) is 0 Å². The molecule has 28 heavy (non-hydrogen) atoms. The Hall–Kier alpha value is -3.34. The topological polar surface area (TPSA) is 54.3 Å². The maximum absolute atomic E-state index is 12.9. The number of nitrogens with zero attached hydrogens (tertiary/aromatic N) is 2. The van der Waals surface area contributed by atoms with Gasteiger partial charge in [-0.25, -0.2) is 0 Å². The van der Waals surface area contributed by atoms with Crippen molar-refractivity contribution in [3.8, 4) is 5.69 Å². The fourth-order valence-electron chi connectivity index (χ4n) is 3.57. The molecule has 0 spiro atoms. The van der Waals surface area contributed by atoms with E-state index in [9.17, 15) is 9.59 Å². The molecule has 1 saturated heterocycles. The number of likely N-dealkylation sites (tertiary alicyclic amines) is 1. The highest BCUT2D eigenvalue weighted by atomic mass is 16.2. The summed E-state index contributed by atoms with van der Waals surface area (Å²) in [5.74, 6) is 0.0193. The third-order valence-corrected chi connectivity index (χ3v) is 5.11. The van der Waals surface area contributed by atoms with E-state index < -0.39 is 0 Å². The average Bonchev–Trinajstić information content (AvgIpc) is 3.41. The highest BCUT2D eigenvalue weighted by Gasteiger charge is 2.25. The van der Waals surface area contributed by atoms with Gasteiger partial charge in [-0.1, -0.05) is 30.3 Å². The van der Waals surface area contributed by atoms with Crippen LogP contribution >= 0.6 is 0 Å². The van der Waals surface area contributed by atoms with Gasteiger partial charge in [-0.05, 0) is 48.4 Å². The predicted molar refractivity (Wildman–Crippen MR) is 108 cm³/mol. The van der Waals surface area contributed by atoms with Gasteiger partial charge in [0.1, 0.15) is 0 Å². The summed E-state index contributed by atoms with van der Waals surface area (Å²) < 4.78 is 1.99. The molecule has 4 rings (SSSR count). The summed E-state index contributed by atoms with van der Waals surface area (Å²) >= 11 is 0. The van der Waals surface area contributed by atoms with E-state index in [0.717, 1.165) is 24.2 Å². The molecule has 1 aliphatic heterocycles. The molecule has 1 N–H and O–H groups in total. The average molecular weight is 373 g/mol. The van der Waals surface area contributed by atoms with Crippen LogP contribution in [0.2, 0.25) is 0 Å². The fourth-order valence-corrected chi connectivity index (χ4v) is 3.57. The second-order valence-corrected chi connectivity index (χ2v) is 7.02. The number of aromatic nitrogens is 1. The van der Waals surface area contributed by atoms with Crippen LogP contribution in [0.4, 0.5) is 0 Å². The van der Waals surface area contributed by atoms with Crippen LogP contribution in [0.1, 0.15) is 34.8 Å². The van der Waals surface area contributed by atoms with Crippen LogP contribution in [0.25, 0.3) is 5.69 Å². The van der Waals surface area contributed by atoms with E-state index in [1.165, 1.54) is 0 Å². The number of hydrogen-bond donors (Lipinski definition) is 1. The van der Waals surface area contributed by atoms with Crippen LogP contribution < -0.4 is 5.32 Å². The van der Waals surface area contributed by atoms with Crippen LogP contribution in [-0.2, 0) is 4.79 Å². The van der Waals surface area contributed by atoms with E-state index >= 15 is 0 Å². The van der Waals surface area contributed by atoms with Gasteiger partial charge in [0.05, 0.1) is 6.04 Å². The third kappa shape index (κ3) is 3.98. The van der Waals surface area contributed by atoms with Gasteiger partial charge in [-0.15, -0.1) is 0 Å². The molecule has 5 heteroatoms. The number of hydrogen-bond acceptors (Lipinski definition) is 2. The van der Waals surface area contributed by atoms with Crippen molar-refractivity contribution in [2.75, 3.05) is 13.1 Å². The minimum absolute atomic E-state index is 0.139. The van der Waals surface area contributed by atoms with Gasteiger partial charge in [0, 0.05) is 43.2 Å². The molecule has 1 fully saturated rings. The maximum atomic E-state index is 12.9. The second-order valence-electron chi connectivity index (χ2n) is 7.02. The summed E-state index contributed by atoms with van der Waals surface area (Å²) in [4.78, 5) is 26.8. The van der Waals surface area contributed by atoms with E-state index in [0.29, 0.717) is 18.5 Å². The molecular weight excluding hydrogens is 350 g/mol. The Balaban J connectivity index is 1.50. The molecule has 2 amide bonds. The first-order valence-corrected chi connectivity index (χ1v) is 9.58. The minimum Gasteiger partial charge on any atom is -0.343 e. The van der Waals surface area contributed by atoms with Crippen molar-refractivity contribution in [2.24, 2.45) is 0 Å². The molecule has 3 aromatic rings. The number of amides is 2. The maximum Gasteiger partial charge on any atom is 0.251 e. The zero-order chi connectivity index (χ0) is 19.3. The number of benzene rings is 2. The molecule has 1 aromatic heterocycles. The van der Waals surface area contributed by atoms with Crippen LogP contribution in [0.5, 0.6) is 0 Å². The molecule has 2 heterocycles. The van der Waals surface area contributed by atoms with E-state index in [2.05, 4.69) is 5.32 Å². The quantitative estimate of drug-likeness (QED) is 0.718. The molecule has 0 aliphatic carbocycles. The van der Waals surface area contributed by atoms with Crippen molar-refractivity contribution in [3.05, 3.63) is 90.3 Å². The van der Waals surface area contributed by atoms with Crippen molar-refractivity contribution in [1.82, 2.24) is 14.8 Å². The van der Waals surface area contributed by atoms with E-state index in [4.69, 9.17) is 0 Å².